The van der Waals surface area contributed by atoms with Gasteiger partial charge in [-0.3, -0.25) is 4.79 Å². The van der Waals surface area contributed by atoms with Crippen LogP contribution in [0.25, 0.3) is 0 Å². The minimum atomic E-state index is 0.0428. The third-order valence-electron chi connectivity index (χ3n) is 2.53. The molecular formula is C14H22N2OS. The molecule has 0 unspecified atom stereocenters. The van der Waals surface area contributed by atoms with E-state index in [9.17, 15) is 4.79 Å². The third kappa shape index (κ3) is 5.00. The number of unbranched alkanes of at least 4 members (excludes halogenated alkanes) is 1. The van der Waals surface area contributed by atoms with Gasteiger partial charge in [0, 0.05) is 11.3 Å². The van der Waals surface area contributed by atoms with Gasteiger partial charge in [-0.15, -0.1) is 11.8 Å². The van der Waals surface area contributed by atoms with E-state index in [1.165, 1.54) is 0 Å². The van der Waals surface area contributed by atoms with Gasteiger partial charge in [0.05, 0.1) is 11.4 Å². The molecule has 4 heteroatoms. The highest BCUT2D eigenvalue weighted by Crippen LogP contribution is 2.27. The topological polar surface area (TPSA) is 55.1 Å². The Morgan fingerprint density at radius 2 is 2.11 bits per heavy atom. The smallest absolute Gasteiger partial charge is 0.224 e. The number of nitrogen functional groups attached to an aromatic ring is 1. The Hall–Kier alpha value is -1.16. The van der Waals surface area contributed by atoms with Crippen LogP contribution in [0.4, 0.5) is 11.4 Å². The Morgan fingerprint density at radius 1 is 1.33 bits per heavy atom. The van der Waals surface area contributed by atoms with Crippen LogP contribution in [0.3, 0.4) is 0 Å². The van der Waals surface area contributed by atoms with E-state index in [0.717, 1.165) is 35.6 Å². The Labute approximate surface area is 114 Å². The predicted octanol–water partition coefficient (Wildman–Crippen LogP) is 3.90. The molecule has 18 heavy (non-hydrogen) atoms. The third-order valence-corrected chi connectivity index (χ3v) is 3.73. The molecule has 1 aromatic rings. The highest BCUT2D eigenvalue weighted by Gasteiger charge is 2.06. The largest absolute Gasteiger partial charge is 0.397 e. The van der Waals surface area contributed by atoms with Gasteiger partial charge >= 0.3 is 0 Å². The number of carbonyl (C=O) groups excluding carboxylic acids is 1. The van der Waals surface area contributed by atoms with Crippen LogP contribution in [0.1, 0.15) is 39.5 Å². The molecule has 0 saturated heterocycles. The molecule has 3 N–H and O–H groups in total. The normalized spacial score (nSPS) is 10.3. The van der Waals surface area contributed by atoms with E-state index in [1.807, 2.05) is 18.2 Å². The Balaban J connectivity index is 2.65. The molecule has 3 nitrogen and oxygen atoms in total. The first-order chi connectivity index (χ1) is 8.67. The first kappa shape index (κ1) is 14.9. The second-order valence-corrected chi connectivity index (χ2v) is 5.42. The van der Waals surface area contributed by atoms with E-state index in [2.05, 4.69) is 19.2 Å². The molecule has 0 aliphatic rings. The van der Waals surface area contributed by atoms with Crippen molar-refractivity contribution in [3.8, 4) is 0 Å². The van der Waals surface area contributed by atoms with E-state index in [0.29, 0.717) is 12.1 Å². The fourth-order valence-corrected chi connectivity index (χ4v) is 2.31. The Morgan fingerprint density at radius 3 is 2.78 bits per heavy atom. The summed E-state index contributed by atoms with van der Waals surface area (Å²) in [5.41, 5.74) is 7.23. The quantitative estimate of drug-likeness (QED) is 0.581. The summed E-state index contributed by atoms with van der Waals surface area (Å²) in [4.78, 5) is 12.8. The number of nitrogens with one attached hydrogen (secondary N) is 1. The summed E-state index contributed by atoms with van der Waals surface area (Å²) < 4.78 is 0. The number of hydrogen-bond acceptors (Lipinski definition) is 3. The predicted molar refractivity (Wildman–Crippen MR) is 80.0 cm³/mol. The molecule has 0 fully saturated rings. The molecular weight excluding hydrogens is 244 g/mol. The lowest BCUT2D eigenvalue weighted by Gasteiger charge is -2.10. The van der Waals surface area contributed by atoms with E-state index in [1.54, 1.807) is 11.8 Å². The number of hydrogen-bond donors (Lipinski definition) is 2. The highest BCUT2D eigenvalue weighted by molar-refractivity contribution is 7.99. The van der Waals surface area contributed by atoms with Gasteiger partial charge in [0.1, 0.15) is 0 Å². The first-order valence-electron chi connectivity index (χ1n) is 6.49. The SMILES string of the molecule is CCCCC(=O)Nc1cc(SCCC)ccc1N. The van der Waals surface area contributed by atoms with Crippen molar-refractivity contribution < 1.29 is 4.79 Å². The molecule has 0 aromatic heterocycles. The standard InChI is InChI=1S/C14H22N2OS/c1-3-5-6-14(17)16-13-10-11(18-9-4-2)7-8-12(13)15/h7-8,10H,3-6,9,15H2,1-2H3,(H,16,17). The average molecular weight is 266 g/mol. The molecule has 0 spiro atoms. The van der Waals surface area contributed by atoms with E-state index >= 15 is 0 Å². The van der Waals surface area contributed by atoms with Gasteiger partial charge in [-0.25, -0.2) is 0 Å². The summed E-state index contributed by atoms with van der Waals surface area (Å²) in [6, 6.07) is 5.81. The van der Waals surface area contributed by atoms with Crippen molar-refractivity contribution in [2.24, 2.45) is 0 Å². The molecule has 0 aliphatic heterocycles. The van der Waals surface area contributed by atoms with Crippen LogP contribution >= 0.6 is 11.8 Å². The van der Waals surface area contributed by atoms with E-state index < -0.39 is 0 Å². The monoisotopic (exact) mass is 266 g/mol. The number of nitrogens with two attached hydrogens (primary N) is 1. The zero-order valence-corrected chi connectivity index (χ0v) is 12.0. The van der Waals surface area contributed by atoms with Crippen LogP contribution in [-0.2, 0) is 4.79 Å². The van der Waals surface area contributed by atoms with Crippen LogP contribution in [0.2, 0.25) is 0 Å². The number of amides is 1. The van der Waals surface area contributed by atoms with E-state index in [4.69, 9.17) is 5.73 Å². The zero-order chi connectivity index (χ0) is 13.4. The summed E-state index contributed by atoms with van der Waals surface area (Å²) in [5.74, 6) is 1.12. The van der Waals surface area contributed by atoms with Crippen LogP contribution < -0.4 is 11.1 Å². The molecule has 1 aromatic carbocycles. The summed E-state index contributed by atoms with van der Waals surface area (Å²) in [7, 11) is 0. The molecule has 0 heterocycles. The fourth-order valence-electron chi connectivity index (χ4n) is 1.50. The van der Waals surface area contributed by atoms with Gasteiger partial charge < -0.3 is 11.1 Å². The lowest BCUT2D eigenvalue weighted by Crippen LogP contribution is -2.12. The minimum absolute atomic E-state index is 0.0428. The summed E-state index contributed by atoms with van der Waals surface area (Å²) >= 11 is 1.78. The van der Waals surface area contributed by atoms with Crippen LogP contribution in [0, 0.1) is 0 Å². The molecule has 0 aliphatic carbocycles. The maximum atomic E-state index is 11.7. The molecule has 0 atom stereocenters. The van der Waals surface area contributed by atoms with Gasteiger partial charge in [0.15, 0.2) is 0 Å². The molecule has 1 rings (SSSR count). The summed E-state index contributed by atoms with van der Waals surface area (Å²) in [6.07, 6.45) is 3.63. The second kappa shape index (κ2) is 8.03. The van der Waals surface area contributed by atoms with Gasteiger partial charge in [0.2, 0.25) is 5.91 Å². The fraction of sp³-hybridized carbons (Fsp3) is 0.500. The maximum Gasteiger partial charge on any atom is 0.224 e. The number of carbonyl (C=O) groups is 1. The average Bonchev–Trinajstić information content (AvgIpc) is 2.37. The van der Waals surface area contributed by atoms with Crippen molar-refractivity contribution in [2.75, 3.05) is 16.8 Å². The highest BCUT2D eigenvalue weighted by atomic mass is 32.2. The lowest BCUT2D eigenvalue weighted by atomic mass is 10.2. The van der Waals surface area contributed by atoms with Crippen LogP contribution in [-0.4, -0.2) is 11.7 Å². The van der Waals surface area contributed by atoms with Crippen molar-refractivity contribution >= 4 is 29.0 Å². The van der Waals surface area contributed by atoms with Crippen molar-refractivity contribution in [3.05, 3.63) is 18.2 Å². The number of rotatable bonds is 7. The van der Waals surface area contributed by atoms with Crippen LogP contribution in [0.15, 0.2) is 23.1 Å². The van der Waals surface area contributed by atoms with Gasteiger partial charge in [-0.2, -0.15) is 0 Å². The van der Waals surface area contributed by atoms with Crippen molar-refractivity contribution in [1.29, 1.82) is 0 Å². The van der Waals surface area contributed by atoms with Gasteiger partial charge in [-0.05, 0) is 36.8 Å². The summed E-state index contributed by atoms with van der Waals surface area (Å²) in [5, 5.41) is 2.88. The molecule has 0 radical (unpaired) electrons. The number of anilines is 2. The van der Waals surface area contributed by atoms with Gasteiger partial charge in [-0.1, -0.05) is 20.3 Å². The minimum Gasteiger partial charge on any atom is -0.397 e. The number of thioether (sulfide) groups is 1. The Bertz CT molecular complexity index is 393. The maximum absolute atomic E-state index is 11.7. The molecule has 100 valence electrons. The van der Waals surface area contributed by atoms with Crippen molar-refractivity contribution in [3.63, 3.8) is 0 Å². The zero-order valence-electron chi connectivity index (χ0n) is 11.2. The van der Waals surface area contributed by atoms with Crippen molar-refractivity contribution in [1.82, 2.24) is 0 Å². The lowest BCUT2D eigenvalue weighted by molar-refractivity contribution is -0.116. The van der Waals surface area contributed by atoms with E-state index in [-0.39, 0.29) is 5.91 Å². The molecule has 0 bridgehead atoms. The van der Waals surface area contributed by atoms with Crippen LogP contribution in [0.5, 0.6) is 0 Å². The number of benzene rings is 1. The Kier molecular flexibility index (Phi) is 6.65. The summed E-state index contributed by atoms with van der Waals surface area (Å²) in [6.45, 7) is 4.22. The second-order valence-electron chi connectivity index (χ2n) is 4.25. The molecule has 0 saturated carbocycles. The van der Waals surface area contributed by atoms with Gasteiger partial charge in [0.25, 0.3) is 0 Å². The first-order valence-corrected chi connectivity index (χ1v) is 7.48. The molecule has 1 amide bonds. The van der Waals surface area contributed by atoms with Crippen molar-refractivity contribution in [2.45, 2.75) is 44.4 Å².